The third-order valence-electron chi connectivity index (χ3n) is 5.58. The van der Waals surface area contributed by atoms with E-state index in [1.165, 1.54) is 30.5 Å². The molecule has 0 aliphatic carbocycles. The first-order chi connectivity index (χ1) is 16.6. The smallest absolute Gasteiger partial charge is 0.416 e. The monoisotopic (exact) mass is 488 g/mol. The molecule has 11 heteroatoms. The van der Waals surface area contributed by atoms with Crippen LogP contribution in [0.2, 0.25) is 0 Å². The molecule has 0 atom stereocenters. The zero-order valence-corrected chi connectivity index (χ0v) is 18.2. The predicted octanol–water partition coefficient (Wildman–Crippen LogP) is 4.52. The molecular formula is C24H20F4N4O3. The number of benzene rings is 2. The van der Waals surface area contributed by atoms with Gasteiger partial charge in [0.2, 0.25) is 0 Å². The fourth-order valence-corrected chi connectivity index (χ4v) is 3.80. The zero-order valence-electron chi connectivity index (χ0n) is 18.2. The van der Waals surface area contributed by atoms with Crippen molar-refractivity contribution in [3.05, 3.63) is 83.3 Å². The molecule has 1 saturated heterocycles. The number of carbonyl (C=O) groups is 2. The maximum Gasteiger partial charge on any atom is 0.416 e. The maximum absolute atomic E-state index is 13.1. The van der Waals surface area contributed by atoms with Gasteiger partial charge in [-0.15, -0.1) is 0 Å². The summed E-state index contributed by atoms with van der Waals surface area (Å²) >= 11 is 0. The van der Waals surface area contributed by atoms with E-state index in [-0.39, 0.29) is 22.6 Å². The highest BCUT2D eigenvalue weighted by Gasteiger charge is 2.31. The van der Waals surface area contributed by atoms with Crippen LogP contribution in [0.15, 0.2) is 60.8 Å². The number of hydrogen-bond acceptors (Lipinski definition) is 5. The van der Waals surface area contributed by atoms with Gasteiger partial charge in [0, 0.05) is 37.4 Å². The van der Waals surface area contributed by atoms with Crippen molar-refractivity contribution in [3.63, 3.8) is 0 Å². The molecule has 2 heterocycles. The lowest BCUT2D eigenvalue weighted by Crippen LogP contribution is -2.47. The lowest BCUT2D eigenvalue weighted by atomic mass is 10.1. The standard InChI is InChI=1S/C24H20F4N4O3/c25-17-6-4-15(5-7-17)22(33)30-18-13-20(23(34)35)21(29-14-18)32-10-8-31(9-11-32)19-3-1-2-16(12-19)24(26,27)28/h1-7,12-14H,8-11H2,(H,30,33)(H,34,35). The number of aromatic carboxylic acids is 1. The number of alkyl halides is 3. The summed E-state index contributed by atoms with van der Waals surface area (Å²) in [5.41, 5.74) is -0.0779. The second-order valence-electron chi connectivity index (χ2n) is 7.88. The number of piperazine rings is 1. The Morgan fingerprint density at radius 2 is 1.60 bits per heavy atom. The summed E-state index contributed by atoms with van der Waals surface area (Å²) in [7, 11) is 0. The number of pyridine rings is 1. The van der Waals surface area contributed by atoms with E-state index in [4.69, 9.17) is 0 Å². The van der Waals surface area contributed by atoms with Crippen molar-refractivity contribution >= 4 is 29.1 Å². The van der Waals surface area contributed by atoms with Crippen molar-refractivity contribution in [2.75, 3.05) is 41.3 Å². The molecule has 0 radical (unpaired) electrons. The number of hydrogen-bond donors (Lipinski definition) is 2. The van der Waals surface area contributed by atoms with Gasteiger partial charge in [-0.2, -0.15) is 13.2 Å². The number of anilines is 3. The lowest BCUT2D eigenvalue weighted by molar-refractivity contribution is -0.137. The van der Waals surface area contributed by atoms with Crippen LogP contribution < -0.4 is 15.1 Å². The largest absolute Gasteiger partial charge is 0.478 e. The molecule has 0 bridgehead atoms. The molecule has 4 rings (SSSR count). The van der Waals surface area contributed by atoms with Crippen molar-refractivity contribution in [3.8, 4) is 0 Å². The molecule has 2 N–H and O–H groups in total. The Morgan fingerprint density at radius 1 is 0.943 bits per heavy atom. The number of halogens is 4. The molecule has 1 amide bonds. The normalized spacial score (nSPS) is 14.1. The van der Waals surface area contributed by atoms with Crippen LogP contribution in [0.3, 0.4) is 0 Å². The molecule has 1 aliphatic heterocycles. The Labute approximate surface area is 197 Å². The molecule has 35 heavy (non-hydrogen) atoms. The second kappa shape index (κ2) is 9.61. The minimum atomic E-state index is -4.44. The van der Waals surface area contributed by atoms with Crippen LogP contribution in [-0.2, 0) is 6.18 Å². The van der Waals surface area contributed by atoms with Crippen LogP contribution in [-0.4, -0.2) is 48.1 Å². The van der Waals surface area contributed by atoms with E-state index in [9.17, 15) is 32.3 Å². The first kappa shape index (κ1) is 24.0. The minimum absolute atomic E-state index is 0.130. The van der Waals surface area contributed by atoms with Gasteiger partial charge in [0.25, 0.3) is 5.91 Å². The third-order valence-corrected chi connectivity index (χ3v) is 5.58. The third kappa shape index (κ3) is 5.51. The molecule has 3 aromatic rings. The molecule has 0 saturated carbocycles. The zero-order chi connectivity index (χ0) is 25.2. The lowest BCUT2D eigenvalue weighted by Gasteiger charge is -2.37. The van der Waals surface area contributed by atoms with E-state index in [1.54, 1.807) is 15.9 Å². The van der Waals surface area contributed by atoms with Crippen molar-refractivity contribution in [2.24, 2.45) is 0 Å². The number of rotatable bonds is 5. The average molecular weight is 488 g/mol. The number of carbonyl (C=O) groups excluding carboxylic acids is 1. The Kier molecular flexibility index (Phi) is 6.59. The fraction of sp³-hybridized carbons (Fsp3) is 0.208. The summed E-state index contributed by atoms with van der Waals surface area (Å²) in [6, 6.07) is 11.2. The van der Waals surface area contributed by atoms with Gasteiger partial charge < -0.3 is 20.2 Å². The van der Waals surface area contributed by atoms with Gasteiger partial charge in [0.15, 0.2) is 0 Å². The first-order valence-corrected chi connectivity index (χ1v) is 10.6. The van der Waals surface area contributed by atoms with E-state index in [0.29, 0.717) is 31.9 Å². The van der Waals surface area contributed by atoms with Gasteiger partial charge >= 0.3 is 12.1 Å². The summed E-state index contributed by atoms with van der Waals surface area (Å²) in [5.74, 6) is -2.09. The number of nitrogens with zero attached hydrogens (tertiary/aromatic N) is 3. The highest BCUT2D eigenvalue weighted by Crippen LogP contribution is 2.32. The van der Waals surface area contributed by atoms with Gasteiger partial charge in [-0.05, 0) is 48.5 Å². The van der Waals surface area contributed by atoms with Crippen LogP contribution in [0.4, 0.5) is 34.8 Å². The predicted molar refractivity (Wildman–Crippen MR) is 121 cm³/mol. The van der Waals surface area contributed by atoms with Crippen LogP contribution in [0.25, 0.3) is 0 Å². The van der Waals surface area contributed by atoms with E-state index in [1.807, 2.05) is 0 Å². The Hall–Kier alpha value is -4.15. The van der Waals surface area contributed by atoms with Crippen LogP contribution in [0.5, 0.6) is 0 Å². The Balaban J connectivity index is 1.47. The quantitative estimate of drug-likeness (QED) is 0.514. The Morgan fingerprint density at radius 3 is 2.23 bits per heavy atom. The molecule has 7 nitrogen and oxygen atoms in total. The molecule has 1 aliphatic rings. The second-order valence-corrected chi connectivity index (χ2v) is 7.88. The summed E-state index contributed by atoms with van der Waals surface area (Å²) in [6.07, 6.45) is -3.12. The molecule has 2 aromatic carbocycles. The minimum Gasteiger partial charge on any atom is -0.478 e. The van der Waals surface area contributed by atoms with Crippen LogP contribution in [0.1, 0.15) is 26.3 Å². The summed E-state index contributed by atoms with van der Waals surface area (Å²) in [5, 5.41) is 12.2. The van der Waals surface area contributed by atoms with Crippen molar-refractivity contribution < 1.29 is 32.3 Å². The van der Waals surface area contributed by atoms with Crippen molar-refractivity contribution in [1.82, 2.24) is 4.98 Å². The van der Waals surface area contributed by atoms with E-state index >= 15 is 0 Å². The highest BCUT2D eigenvalue weighted by molar-refractivity contribution is 6.05. The van der Waals surface area contributed by atoms with E-state index in [2.05, 4.69) is 10.3 Å². The molecule has 0 unspecified atom stereocenters. The molecule has 0 spiro atoms. The number of amides is 1. The van der Waals surface area contributed by atoms with Crippen LogP contribution in [0, 0.1) is 5.82 Å². The summed E-state index contributed by atoms with van der Waals surface area (Å²) in [4.78, 5) is 32.0. The molecule has 1 aromatic heterocycles. The van der Waals surface area contributed by atoms with Gasteiger partial charge in [0.1, 0.15) is 17.2 Å². The van der Waals surface area contributed by atoms with Gasteiger partial charge in [-0.1, -0.05) is 6.07 Å². The molecule has 182 valence electrons. The van der Waals surface area contributed by atoms with Gasteiger partial charge in [0.05, 0.1) is 17.4 Å². The highest BCUT2D eigenvalue weighted by atomic mass is 19.4. The van der Waals surface area contributed by atoms with E-state index in [0.717, 1.165) is 24.3 Å². The van der Waals surface area contributed by atoms with Gasteiger partial charge in [-0.25, -0.2) is 14.2 Å². The average Bonchev–Trinajstić information content (AvgIpc) is 2.84. The number of carboxylic acid groups (broad SMARTS) is 1. The Bertz CT molecular complexity index is 1240. The van der Waals surface area contributed by atoms with Crippen molar-refractivity contribution in [2.45, 2.75) is 6.18 Å². The number of aromatic nitrogens is 1. The first-order valence-electron chi connectivity index (χ1n) is 10.6. The summed E-state index contributed by atoms with van der Waals surface area (Å²) in [6.45, 7) is 1.41. The van der Waals surface area contributed by atoms with Gasteiger partial charge in [-0.3, -0.25) is 4.79 Å². The summed E-state index contributed by atoms with van der Waals surface area (Å²) < 4.78 is 52.2. The molecular weight excluding hydrogens is 468 g/mol. The van der Waals surface area contributed by atoms with E-state index < -0.39 is 29.4 Å². The number of carboxylic acids is 1. The maximum atomic E-state index is 13.1. The SMILES string of the molecule is O=C(Nc1cnc(N2CCN(c3cccc(C(F)(F)F)c3)CC2)c(C(=O)O)c1)c1ccc(F)cc1. The molecule has 1 fully saturated rings. The fourth-order valence-electron chi connectivity index (χ4n) is 3.80. The topological polar surface area (TPSA) is 85.8 Å². The number of nitrogens with one attached hydrogen (secondary N) is 1. The van der Waals surface area contributed by atoms with Crippen LogP contribution >= 0.6 is 0 Å². The van der Waals surface area contributed by atoms with Crippen molar-refractivity contribution in [1.29, 1.82) is 0 Å².